The molecular formula is C14H25N3O2. The van der Waals surface area contributed by atoms with Crippen LogP contribution in [0.1, 0.15) is 52.4 Å². The van der Waals surface area contributed by atoms with Gasteiger partial charge in [0.25, 0.3) is 0 Å². The number of oxime groups is 1. The molecule has 3 N–H and O–H groups in total. The highest BCUT2D eigenvalue weighted by Crippen LogP contribution is 2.41. The number of likely N-dealkylation sites (tertiary alicyclic amines) is 1. The van der Waals surface area contributed by atoms with Crippen molar-refractivity contribution in [3.63, 3.8) is 0 Å². The monoisotopic (exact) mass is 267 g/mol. The van der Waals surface area contributed by atoms with Gasteiger partial charge in [-0.1, -0.05) is 31.8 Å². The second-order valence-electron chi connectivity index (χ2n) is 6.77. The van der Waals surface area contributed by atoms with Crippen LogP contribution in [0.3, 0.4) is 0 Å². The summed E-state index contributed by atoms with van der Waals surface area (Å²) in [6.45, 7) is 5.95. The van der Waals surface area contributed by atoms with Crippen molar-refractivity contribution >= 4 is 11.7 Å². The first kappa shape index (κ1) is 14.2. The average Bonchev–Trinajstić information content (AvgIpc) is 2.86. The molecule has 2 fully saturated rings. The van der Waals surface area contributed by atoms with Gasteiger partial charge in [-0.05, 0) is 31.1 Å². The summed E-state index contributed by atoms with van der Waals surface area (Å²) in [6, 6.07) is 0. The molecule has 1 aliphatic heterocycles. The Balaban J connectivity index is 2.21. The maximum atomic E-state index is 12.9. The van der Waals surface area contributed by atoms with E-state index >= 15 is 0 Å². The van der Waals surface area contributed by atoms with Gasteiger partial charge in [0.15, 0.2) is 5.84 Å². The number of amidine groups is 1. The largest absolute Gasteiger partial charge is 0.409 e. The first-order chi connectivity index (χ1) is 8.91. The number of carbonyl (C=O) groups is 1. The maximum Gasteiger partial charge on any atom is 0.236 e. The summed E-state index contributed by atoms with van der Waals surface area (Å²) < 4.78 is 0. The van der Waals surface area contributed by atoms with Gasteiger partial charge in [-0.3, -0.25) is 4.79 Å². The Morgan fingerprint density at radius 2 is 1.84 bits per heavy atom. The normalized spacial score (nSPS) is 26.4. The van der Waals surface area contributed by atoms with Crippen molar-refractivity contribution in [2.45, 2.75) is 52.4 Å². The third-order valence-corrected chi connectivity index (χ3v) is 4.65. The summed E-state index contributed by atoms with van der Waals surface area (Å²) >= 11 is 0. The van der Waals surface area contributed by atoms with E-state index in [0.717, 1.165) is 38.8 Å². The van der Waals surface area contributed by atoms with E-state index in [4.69, 9.17) is 10.9 Å². The first-order valence-electron chi connectivity index (χ1n) is 7.19. The Hall–Kier alpha value is -1.26. The lowest BCUT2D eigenvalue weighted by molar-refractivity contribution is -0.141. The van der Waals surface area contributed by atoms with Crippen LogP contribution in [0.25, 0.3) is 0 Å². The molecule has 1 saturated carbocycles. The second-order valence-corrected chi connectivity index (χ2v) is 6.77. The number of nitrogens with two attached hydrogens (primary N) is 1. The van der Waals surface area contributed by atoms with E-state index in [9.17, 15) is 4.79 Å². The smallest absolute Gasteiger partial charge is 0.236 e. The molecule has 1 aliphatic carbocycles. The molecule has 0 aromatic rings. The van der Waals surface area contributed by atoms with Gasteiger partial charge in [0, 0.05) is 13.1 Å². The SMILES string of the molecule is CC1(C)CCCN(C(=O)C2(C(N)=NO)CCCC2)C1. The minimum absolute atomic E-state index is 0.0630. The fraction of sp³-hybridized carbons (Fsp3) is 0.857. The number of rotatable bonds is 2. The van der Waals surface area contributed by atoms with Gasteiger partial charge in [-0.2, -0.15) is 0 Å². The minimum atomic E-state index is -0.748. The van der Waals surface area contributed by atoms with Crippen molar-refractivity contribution in [3.8, 4) is 0 Å². The van der Waals surface area contributed by atoms with E-state index < -0.39 is 5.41 Å². The van der Waals surface area contributed by atoms with E-state index in [1.165, 1.54) is 0 Å². The van der Waals surface area contributed by atoms with Crippen molar-refractivity contribution in [1.29, 1.82) is 0 Å². The molecular weight excluding hydrogens is 242 g/mol. The number of amides is 1. The highest BCUT2D eigenvalue weighted by molar-refractivity contribution is 6.07. The number of piperidine rings is 1. The number of hydrogen-bond donors (Lipinski definition) is 2. The lowest BCUT2D eigenvalue weighted by Gasteiger charge is -2.41. The van der Waals surface area contributed by atoms with Crippen LogP contribution >= 0.6 is 0 Å². The standard InChI is InChI=1S/C14H25N3O2/c1-13(2)6-5-9-17(10-13)12(18)14(11(15)16-19)7-3-4-8-14/h19H,3-10H2,1-2H3,(H2,15,16). The molecule has 0 bridgehead atoms. The van der Waals surface area contributed by atoms with Gasteiger partial charge in [0.2, 0.25) is 5.91 Å². The van der Waals surface area contributed by atoms with Gasteiger partial charge in [0.1, 0.15) is 5.41 Å². The van der Waals surface area contributed by atoms with Crippen LogP contribution in [0.2, 0.25) is 0 Å². The molecule has 0 spiro atoms. The summed E-state index contributed by atoms with van der Waals surface area (Å²) in [6.07, 6.45) is 5.54. The van der Waals surface area contributed by atoms with Gasteiger partial charge in [-0.15, -0.1) is 0 Å². The Morgan fingerprint density at radius 3 is 2.37 bits per heavy atom. The number of nitrogens with zero attached hydrogens (tertiary/aromatic N) is 2. The van der Waals surface area contributed by atoms with E-state index in [1.807, 2.05) is 4.90 Å². The molecule has 2 aliphatic rings. The summed E-state index contributed by atoms with van der Waals surface area (Å²) in [5.74, 6) is 0.159. The van der Waals surface area contributed by atoms with E-state index in [0.29, 0.717) is 12.8 Å². The van der Waals surface area contributed by atoms with Crippen LogP contribution in [0.15, 0.2) is 5.16 Å². The van der Waals surface area contributed by atoms with Crippen LogP contribution in [-0.4, -0.2) is 34.9 Å². The summed E-state index contributed by atoms with van der Waals surface area (Å²) in [5, 5.41) is 12.1. The molecule has 0 radical (unpaired) electrons. The van der Waals surface area contributed by atoms with Crippen LogP contribution < -0.4 is 5.73 Å². The van der Waals surface area contributed by atoms with Crippen molar-refractivity contribution in [2.75, 3.05) is 13.1 Å². The van der Waals surface area contributed by atoms with Gasteiger partial charge in [-0.25, -0.2) is 0 Å². The minimum Gasteiger partial charge on any atom is -0.409 e. The predicted molar refractivity (Wildman–Crippen MR) is 73.9 cm³/mol. The van der Waals surface area contributed by atoms with Gasteiger partial charge < -0.3 is 15.8 Å². The van der Waals surface area contributed by atoms with Gasteiger partial charge in [0.05, 0.1) is 0 Å². The highest BCUT2D eigenvalue weighted by Gasteiger charge is 2.48. The lowest BCUT2D eigenvalue weighted by Crippen LogP contribution is -2.53. The molecule has 2 rings (SSSR count). The Labute approximate surface area is 114 Å². The molecule has 5 heteroatoms. The van der Waals surface area contributed by atoms with Crippen LogP contribution in [-0.2, 0) is 4.79 Å². The zero-order valence-corrected chi connectivity index (χ0v) is 12.0. The van der Waals surface area contributed by atoms with Gasteiger partial charge >= 0.3 is 0 Å². The third kappa shape index (κ3) is 2.55. The topological polar surface area (TPSA) is 78.9 Å². The molecule has 0 unspecified atom stereocenters. The predicted octanol–water partition coefficient (Wildman–Crippen LogP) is 1.94. The molecule has 5 nitrogen and oxygen atoms in total. The molecule has 108 valence electrons. The molecule has 19 heavy (non-hydrogen) atoms. The van der Waals surface area contributed by atoms with Crippen LogP contribution in [0, 0.1) is 10.8 Å². The summed E-state index contributed by atoms with van der Waals surface area (Å²) in [4.78, 5) is 14.8. The Bertz CT molecular complexity index is 384. The highest BCUT2D eigenvalue weighted by atomic mass is 16.4. The summed E-state index contributed by atoms with van der Waals surface area (Å²) in [7, 11) is 0. The Morgan fingerprint density at radius 1 is 1.21 bits per heavy atom. The fourth-order valence-corrected chi connectivity index (χ4v) is 3.55. The molecule has 0 aromatic heterocycles. The zero-order chi connectivity index (χ0) is 14.1. The quantitative estimate of drug-likeness (QED) is 0.347. The molecule has 1 saturated heterocycles. The molecule has 0 aromatic carbocycles. The maximum absolute atomic E-state index is 12.9. The van der Waals surface area contributed by atoms with Crippen molar-refractivity contribution in [2.24, 2.45) is 21.7 Å². The molecule has 1 amide bonds. The first-order valence-corrected chi connectivity index (χ1v) is 7.19. The van der Waals surface area contributed by atoms with Crippen molar-refractivity contribution in [3.05, 3.63) is 0 Å². The molecule has 0 atom stereocenters. The second kappa shape index (κ2) is 5.02. The van der Waals surface area contributed by atoms with Crippen molar-refractivity contribution in [1.82, 2.24) is 4.90 Å². The van der Waals surface area contributed by atoms with Crippen LogP contribution in [0.5, 0.6) is 0 Å². The number of hydrogen-bond acceptors (Lipinski definition) is 3. The summed E-state index contributed by atoms with van der Waals surface area (Å²) in [5.41, 5.74) is 5.26. The number of carbonyl (C=O) groups excluding carboxylic acids is 1. The average molecular weight is 267 g/mol. The lowest BCUT2D eigenvalue weighted by atomic mass is 9.79. The van der Waals surface area contributed by atoms with E-state index in [2.05, 4.69) is 19.0 Å². The molecule has 1 heterocycles. The van der Waals surface area contributed by atoms with Crippen molar-refractivity contribution < 1.29 is 10.0 Å². The zero-order valence-electron chi connectivity index (χ0n) is 12.0. The van der Waals surface area contributed by atoms with E-state index in [1.54, 1.807) is 0 Å². The fourth-order valence-electron chi connectivity index (χ4n) is 3.55. The third-order valence-electron chi connectivity index (χ3n) is 4.65. The van der Waals surface area contributed by atoms with E-state index in [-0.39, 0.29) is 17.2 Å². The Kier molecular flexibility index (Phi) is 3.74. The van der Waals surface area contributed by atoms with Crippen LogP contribution in [0.4, 0.5) is 0 Å².